The van der Waals surface area contributed by atoms with Crippen molar-refractivity contribution in [3.63, 3.8) is 0 Å². The molecule has 1 saturated heterocycles. The van der Waals surface area contributed by atoms with Crippen molar-refractivity contribution >= 4 is 11.7 Å². The molecule has 1 atom stereocenters. The van der Waals surface area contributed by atoms with E-state index in [4.69, 9.17) is 4.74 Å². The molecule has 0 spiro atoms. The number of nitrogens with zero attached hydrogens (tertiary/aromatic N) is 3. The highest BCUT2D eigenvalue weighted by molar-refractivity contribution is 5.81. The predicted octanol–water partition coefficient (Wildman–Crippen LogP) is -0.572. The van der Waals surface area contributed by atoms with Crippen LogP contribution in [0.5, 0.6) is 0 Å². The fraction of sp³-hybridized carbons (Fsp3) is 0.500. The SMILES string of the molecule is CNC(=O)[C@H]1CN(c2cnccn2)CCO1. The van der Waals surface area contributed by atoms with E-state index < -0.39 is 6.10 Å². The van der Waals surface area contributed by atoms with Gasteiger partial charge in [-0.25, -0.2) is 4.98 Å². The van der Waals surface area contributed by atoms with Gasteiger partial charge in [-0.15, -0.1) is 0 Å². The van der Waals surface area contributed by atoms with Crippen LogP contribution in [0.3, 0.4) is 0 Å². The fourth-order valence-electron chi connectivity index (χ4n) is 1.63. The Morgan fingerprint density at radius 2 is 2.50 bits per heavy atom. The summed E-state index contributed by atoms with van der Waals surface area (Å²) >= 11 is 0. The van der Waals surface area contributed by atoms with Gasteiger partial charge in [-0.2, -0.15) is 0 Å². The highest BCUT2D eigenvalue weighted by Gasteiger charge is 2.26. The molecule has 6 nitrogen and oxygen atoms in total. The number of hydrogen-bond acceptors (Lipinski definition) is 5. The first-order valence-electron chi connectivity index (χ1n) is 5.15. The van der Waals surface area contributed by atoms with Gasteiger partial charge in [0.1, 0.15) is 5.82 Å². The molecule has 1 aromatic rings. The van der Waals surface area contributed by atoms with E-state index in [1.54, 1.807) is 25.6 Å². The van der Waals surface area contributed by atoms with Gasteiger partial charge in [0, 0.05) is 26.0 Å². The summed E-state index contributed by atoms with van der Waals surface area (Å²) in [5.74, 6) is 0.674. The van der Waals surface area contributed by atoms with Gasteiger partial charge in [-0.1, -0.05) is 0 Å². The summed E-state index contributed by atoms with van der Waals surface area (Å²) in [7, 11) is 1.60. The lowest BCUT2D eigenvalue weighted by Gasteiger charge is -2.32. The van der Waals surface area contributed by atoms with Gasteiger partial charge in [0.2, 0.25) is 0 Å². The Morgan fingerprint density at radius 1 is 1.62 bits per heavy atom. The Bertz CT molecular complexity index is 357. The van der Waals surface area contributed by atoms with Crippen LogP contribution in [0.4, 0.5) is 5.82 Å². The molecule has 0 bridgehead atoms. The largest absolute Gasteiger partial charge is 0.365 e. The second-order valence-electron chi connectivity index (χ2n) is 3.48. The number of aromatic nitrogens is 2. The van der Waals surface area contributed by atoms with E-state index in [1.807, 2.05) is 4.90 Å². The topological polar surface area (TPSA) is 67.4 Å². The molecule has 86 valence electrons. The zero-order valence-corrected chi connectivity index (χ0v) is 9.09. The minimum atomic E-state index is -0.430. The Labute approximate surface area is 93.6 Å². The highest BCUT2D eigenvalue weighted by Crippen LogP contribution is 2.13. The molecule has 0 aromatic carbocycles. The summed E-state index contributed by atoms with van der Waals surface area (Å²) in [6.45, 7) is 1.76. The van der Waals surface area contributed by atoms with E-state index in [-0.39, 0.29) is 5.91 Å². The minimum absolute atomic E-state index is 0.103. The zero-order chi connectivity index (χ0) is 11.4. The molecule has 1 N–H and O–H groups in total. The molecule has 16 heavy (non-hydrogen) atoms. The maximum Gasteiger partial charge on any atom is 0.250 e. The van der Waals surface area contributed by atoms with Crippen LogP contribution in [0.25, 0.3) is 0 Å². The van der Waals surface area contributed by atoms with E-state index in [9.17, 15) is 4.79 Å². The lowest BCUT2D eigenvalue weighted by Crippen LogP contribution is -2.49. The van der Waals surface area contributed by atoms with Crippen LogP contribution < -0.4 is 10.2 Å². The van der Waals surface area contributed by atoms with Crippen LogP contribution >= 0.6 is 0 Å². The monoisotopic (exact) mass is 222 g/mol. The zero-order valence-electron chi connectivity index (χ0n) is 9.09. The van der Waals surface area contributed by atoms with Crippen LogP contribution in [0.15, 0.2) is 18.6 Å². The third-order valence-corrected chi connectivity index (χ3v) is 2.48. The third-order valence-electron chi connectivity index (χ3n) is 2.48. The van der Waals surface area contributed by atoms with Gasteiger partial charge in [0.15, 0.2) is 6.10 Å². The molecule has 0 aliphatic carbocycles. The smallest absolute Gasteiger partial charge is 0.250 e. The number of amides is 1. The Balaban J connectivity index is 2.05. The molecular formula is C10H14N4O2. The summed E-state index contributed by atoms with van der Waals surface area (Å²) in [5, 5.41) is 2.58. The molecule has 0 saturated carbocycles. The van der Waals surface area contributed by atoms with Gasteiger partial charge in [0.05, 0.1) is 19.3 Å². The lowest BCUT2D eigenvalue weighted by atomic mass is 10.2. The molecule has 0 radical (unpaired) electrons. The molecule has 1 amide bonds. The average Bonchev–Trinajstić information content (AvgIpc) is 2.39. The van der Waals surface area contributed by atoms with E-state index in [0.29, 0.717) is 13.2 Å². The number of nitrogens with one attached hydrogen (secondary N) is 1. The summed E-state index contributed by atoms with van der Waals surface area (Å²) in [5.41, 5.74) is 0. The van der Waals surface area contributed by atoms with Crippen LogP contribution in [0.2, 0.25) is 0 Å². The quantitative estimate of drug-likeness (QED) is 0.725. The summed E-state index contributed by atoms with van der Waals surface area (Å²) in [6, 6.07) is 0. The lowest BCUT2D eigenvalue weighted by molar-refractivity contribution is -0.132. The molecule has 1 aliphatic heterocycles. The minimum Gasteiger partial charge on any atom is -0.365 e. The van der Waals surface area contributed by atoms with Crippen molar-refractivity contribution in [3.05, 3.63) is 18.6 Å². The van der Waals surface area contributed by atoms with E-state index in [2.05, 4.69) is 15.3 Å². The summed E-state index contributed by atoms with van der Waals surface area (Å²) in [6.07, 6.45) is 4.52. The standard InChI is InChI=1S/C10H14N4O2/c1-11-10(15)8-7-14(4-5-16-8)9-6-12-2-3-13-9/h2-3,6,8H,4-5,7H2,1H3,(H,11,15)/t8-/m1/s1. The predicted molar refractivity (Wildman–Crippen MR) is 58.1 cm³/mol. The molecule has 0 unspecified atom stereocenters. The molecule has 1 aromatic heterocycles. The number of ether oxygens (including phenoxy) is 1. The maximum absolute atomic E-state index is 11.4. The summed E-state index contributed by atoms with van der Waals surface area (Å²) in [4.78, 5) is 21.6. The highest BCUT2D eigenvalue weighted by atomic mass is 16.5. The Morgan fingerprint density at radius 3 is 3.19 bits per heavy atom. The van der Waals surface area contributed by atoms with Crippen molar-refractivity contribution in [1.29, 1.82) is 0 Å². The van der Waals surface area contributed by atoms with Gasteiger partial charge in [-0.05, 0) is 0 Å². The van der Waals surface area contributed by atoms with Crippen molar-refractivity contribution in [2.75, 3.05) is 31.6 Å². The van der Waals surface area contributed by atoms with Crippen LogP contribution in [-0.4, -0.2) is 48.7 Å². The Hall–Kier alpha value is -1.69. The van der Waals surface area contributed by atoms with Gasteiger partial charge < -0.3 is 15.0 Å². The number of rotatable bonds is 2. The summed E-state index contributed by atoms with van der Waals surface area (Å²) < 4.78 is 5.38. The van der Waals surface area contributed by atoms with Crippen molar-refractivity contribution in [2.45, 2.75) is 6.10 Å². The number of carbonyl (C=O) groups is 1. The van der Waals surface area contributed by atoms with Crippen LogP contribution in [-0.2, 0) is 9.53 Å². The normalized spacial score (nSPS) is 20.6. The average molecular weight is 222 g/mol. The number of morpholine rings is 1. The first-order chi connectivity index (χ1) is 7.81. The van der Waals surface area contributed by atoms with Crippen molar-refractivity contribution < 1.29 is 9.53 Å². The number of carbonyl (C=O) groups excluding carboxylic acids is 1. The van der Waals surface area contributed by atoms with E-state index in [0.717, 1.165) is 12.4 Å². The number of hydrogen-bond donors (Lipinski definition) is 1. The van der Waals surface area contributed by atoms with E-state index in [1.165, 1.54) is 0 Å². The third kappa shape index (κ3) is 2.27. The van der Waals surface area contributed by atoms with E-state index >= 15 is 0 Å². The first-order valence-corrected chi connectivity index (χ1v) is 5.15. The Kier molecular flexibility index (Phi) is 3.31. The molecule has 6 heteroatoms. The number of anilines is 1. The molecule has 2 rings (SSSR count). The first kappa shape index (κ1) is 10.8. The maximum atomic E-state index is 11.4. The van der Waals surface area contributed by atoms with Crippen molar-refractivity contribution in [1.82, 2.24) is 15.3 Å². The molecular weight excluding hydrogens is 208 g/mol. The molecule has 2 heterocycles. The van der Waals surface area contributed by atoms with Crippen LogP contribution in [0, 0.1) is 0 Å². The molecule has 1 aliphatic rings. The van der Waals surface area contributed by atoms with Crippen molar-refractivity contribution in [3.8, 4) is 0 Å². The van der Waals surface area contributed by atoms with Crippen LogP contribution in [0.1, 0.15) is 0 Å². The second-order valence-corrected chi connectivity index (χ2v) is 3.48. The van der Waals surface area contributed by atoms with Gasteiger partial charge in [0.25, 0.3) is 5.91 Å². The molecule has 1 fully saturated rings. The van der Waals surface area contributed by atoms with Crippen molar-refractivity contribution in [2.24, 2.45) is 0 Å². The van der Waals surface area contributed by atoms with Gasteiger partial charge in [-0.3, -0.25) is 9.78 Å². The van der Waals surface area contributed by atoms with Gasteiger partial charge >= 0.3 is 0 Å². The fourth-order valence-corrected chi connectivity index (χ4v) is 1.63. The number of likely N-dealkylation sites (N-methyl/N-ethyl adjacent to an activating group) is 1. The second kappa shape index (κ2) is 4.89.